The van der Waals surface area contributed by atoms with Gasteiger partial charge in [0.2, 0.25) is 5.91 Å². The Labute approximate surface area is 113 Å². The predicted octanol–water partition coefficient (Wildman–Crippen LogP) is 1.57. The Morgan fingerprint density at radius 1 is 1.53 bits per heavy atom. The average Bonchev–Trinajstić information content (AvgIpc) is 2.91. The van der Waals surface area contributed by atoms with Gasteiger partial charge in [-0.25, -0.2) is 0 Å². The molecule has 1 aromatic rings. The molecule has 0 aliphatic heterocycles. The van der Waals surface area contributed by atoms with E-state index in [1.807, 2.05) is 6.07 Å². The van der Waals surface area contributed by atoms with Crippen molar-refractivity contribution in [3.05, 3.63) is 24.2 Å². The van der Waals surface area contributed by atoms with Gasteiger partial charge in [-0.3, -0.25) is 4.79 Å². The lowest BCUT2D eigenvalue weighted by Crippen LogP contribution is -2.38. The Kier molecular flexibility index (Phi) is 4.99. The van der Waals surface area contributed by atoms with Crippen LogP contribution in [-0.4, -0.2) is 24.2 Å². The number of carbonyl (C=O) groups excluding carboxylic acids is 1. The van der Waals surface area contributed by atoms with Crippen LogP contribution in [0.15, 0.2) is 22.8 Å². The zero-order chi connectivity index (χ0) is 13.7. The van der Waals surface area contributed by atoms with E-state index in [4.69, 9.17) is 14.9 Å². The summed E-state index contributed by atoms with van der Waals surface area (Å²) in [5.74, 6) is 0.635. The van der Waals surface area contributed by atoms with Crippen molar-refractivity contribution in [1.82, 2.24) is 5.32 Å². The number of hydrogen-bond donors (Lipinski definition) is 2. The number of amides is 1. The molecule has 0 radical (unpaired) electrons. The number of hydrogen-bond acceptors (Lipinski definition) is 4. The van der Waals surface area contributed by atoms with Crippen LogP contribution in [0.25, 0.3) is 0 Å². The minimum Gasteiger partial charge on any atom is -0.467 e. The monoisotopic (exact) mass is 266 g/mol. The molecule has 3 N–H and O–H groups in total. The van der Waals surface area contributed by atoms with Crippen molar-refractivity contribution >= 4 is 5.91 Å². The van der Waals surface area contributed by atoms with Crippen LogP contribution in [-0.2, 0) is 16.1 Å². The molecule has 19 heavy (non-hydrogen) atoms. The highest BCUT2D eigenvalue weighted by Crippen LogP contribution is 2.21. The first kappa shape index (κ1) is 14.1. The number of ether oxygens (including phenoxy) is 1. The first-order valence-electron chi connectivity index (χ1n) is 6.86. The first-order chi connectivity index (χ1) is 9.15. The summed E-state index contributed by atoms with van der Waals surface area (Å²) in [7, 11) is 0. The molecule has 5 nitrogen and oxygen atoms in total. The summed E-state index contributed by atoms with van der Waals surface area (Å²) in [4.78, 5) is 11.9. The quantitative estimate of drug-likeness (QED) is 0.848. The predicted molar refractivity (Wildman–Crippen MR) is 71.3 cm³/mol. The van der Waals surface area contributed by atoms with E-state index in [-0.39, 0.29) is 12.0 Å². The van der Waals surface area contributed by atoms with Gasteiger partial charge in [-0.15, -0.1) is 0 Å². The Bertz CT molecular complexity index is 383. The van der Waals surface area contributed by atoms with Gasteiger partial charge in [0.25, 0.3) is 0 Å². The van der Waals surface area contributed by atoms with Crippen LogP contribution in [0.2, 0.25) is 0 Å². The molecule has 0 bridgehead atoms. The van der Waals surface area contributed by atoms with E-state index >= 15 is 0 Å². The molecule has 106 valence electrons. The van der Waals surface area contributed by atoms with Gasteiger partial charge in [0.1, 0.15) is 11.9 Å². The molecular weight excluding hydrogens is 244 g/mol. The summed E-state index contributed by atoms with van der Waals surface area (Å²) in [6.07, 6.45) is 5.15. The number of nitrogens with two attached hydrogens (primary N) is 1. The van der Waals surface area contributed by atoms with Crippen molar-refractivity contribution in [2.75, 3.05) is 0 Å². The Morgan fingerprint density at radius 2 is 2.26 bits per heavy atom. The van der Waals surface area contributed by atoms with Gasteiger partial charge in [0, 0.05) is 6.04 Å². The second-order valence-corrected chi connectivity index (χ2v) is 5.11. The molecule has 0 aromatic carbocycles. The molecule has 1 amide bonds. The number of furan rings is 1. The van der Waals surface area contributed by atoms with Crippen LogP contribution in [0.4, 0.5) is 0 Å². The van der Waals surface area contributed by atoms with E-state index in [0.29, 0.717) is 12.6 Å². The number of rotatable bonds is 5. The van der Waals surface area contributed by atoms with Gasteiger partial charge in [-0.05, 0) is 44.7 Å². The topological polar surface area (TPSA) is 77.5 Å². The van der Waals surface area contributed by atoms with Crippen molar-refractivity contribution in [3.8, 4) is 0 Å². The molecule has 2 rings (SSSR count). The second-order valence-electron chi connectivity index (χ2n) is 5.11. The maximum absolute atomic E-state index is 11.9. The molecule has 1 atom stereocenters. The van der Waals surface area contributed by atoms with E-state index in [2.05, 4.69) is 5.32 Å². The van der Waals surface area contributed by atoms with Crippen molar-refractivity contribution in [1.29, 1.82) is 0 Å². The van der Waals surface area contributed by atoms with Crippen molar-refractivity contribution in [2.45, 2.75) is 57.4 Å². The SMILES string of the molecule is CC(OC1CCC(N)CC1)C(=O)NCc1ccco1. The summed E-state index contributed by atoms with van der Waals surface area (Å²) >= 11 is 0. The van der Waals surface area contributed by atoms with Gasteiger partial charge in [-0.1, -0.05) is 0 Å². The van der Waals surface area contributed by atoms with Crippen LogP contribution in [0, 0.1) is 0 Å². The van der Waals surface area contributed by atoms with Crippen molar-refractivity contribution in [3.63, 3.8) is 0 Å². The second kappa shape index (κ2) is 6.73. The van der Waals surface area contributed by atoms with Crippen LogP contribution in [0.5, 0.6) is 0 Å². The molecule has 0 saturated heterocycles. The van der Waals surface area contributed by atoms with Crippen molar-refractivity contribution in [2.24, 2.45) is 5.73 Å². The third-order valence-electron chi connectivity index (χ3n) is 3.50. The molecule has 1 fully saturated rings. The summed E-state index contributed by atoms with van der Waals surface area (Å²) in [6.45, 7) is 2.18. The summed E-state index contributed by atoms with van der Waals surface area (Å²) in [6, 6.07) is 3.92. The van der Waals surface area contributed by atoms with Crippen LogP contribution >= 0.6 is 0 Å². The fourth-order valence-corrected chi connectivity index (χ4v) is 2.31. The van der Waals surface area contributed by atoms with Gasteiger partial charge in [0.15, 0.2) is 0 Å². The number of carbonyl (C=O) groups is 1. The van der Waals surface area contributed by atoms with E-state index in [0.717, 1.165) is 31.4 Å². The van der Waals surface area contributed by atoms with Gasteiger partial charge < -0.3 is 20.2 Å². The molecule has 1 saturated carbocycles. The van der Waals surface area contributed by atoms with Gasteiger partial charge in [0.05, 0.1) is 18.9 Å². The summed E-state index contributed by atoms with van der Waals surface area (Å²) < 4.78 is 10.9. The summed E-state index contributed by atoms with van der Waals surface area (Å²) in [5.41, 5.74) is 5.84. The first-order valence-corrected chi connectivity index (χ1v) is 6.86. The molecule has 1 aliphatic carbocycles. The number of nitrogens with one attached hydrogen (secondary N) is 1. The molecule has 1 unspecified atom stereocenters. The standard InChI is InChI=1S/C14H22N2O3/c1-10(19-12-6-4-11(15)5-7-12)14(17)16-9-13-3-2-8-18-13/h2-3,8,10-12H,4-7,9,15H2,1H3,(H,16,17). The maximum Gasteiger partial charge on any atom is 0.249 e. The third kappa shape index (κ3) is 4.36. The van der Waals surface area contributed by atoms with E-state index in [1.54, 1.807) is 19.3 Å². The van der Waals surface area contributed by atoms with E-state index in [9.17, 15) is 4.79 Å². The Balaban J connectivity index is 1.70. The molecule has 1 aliphatic rings. The Morgan fingerprint density at radius 3 is 2.89 bits per heavy atom. The van der Waals surface area contributed by atoms with E-state index in [1.165, 1.54) is 0 Å². The van der Waals surface area contributed by atoms with E-state index < -0.39 is 6.10 Å². The van der Waals surface area contributed by atoms with Crippen LogP contribution in [0.3, 0.4) is 0 Å². The average molecular weight is 266 g/mol. The van der Waals surface area contributed by atoms with Gasteiger partial charge >= 0.3 is 0 Å². The smallest absolute Gasteiger partial charge is 0.249 e. The lowest BCUT2D eigenvalue weighted by molar-refractivity contribution is -0.136. The third-order valence-corrected chi connectivity index (χ3v) is 3.50. The lowest BCUT2D eigenvalue weighted by Gasteiger charge is -2.28. The Hall–Kier alpha value is -1.33. The maximum atomic E-state index is 11.9. The molecule has 1 aromatic heterocycles. The molecule has 1 heterocycles. The fourth-order valence-electron chi connectivity index (χ4n) is 2.31. The highest BCUT2D eigenvalue weighted by Gasteiger charge is 2.23. The largest absolute Gasteiger partial charge is 0.467 e. The fraction of sp³-hybridized carbons (Fsp3) is 0.643. The normalized spacial score (nSPS) is 24.9. The zero-order valence-electron chi connectivity index (χ0n) is 11.3. The molecule has 5 heteroatoms. The lowest BCUT2D eigenvalue weighted by atomic mass is 9.93. The highest BCUT2D eigenvalue weighted by atomic mass is 16.5. The van der Waals surface area contributed by atoms with Gasteiger partial charge in [-0.2, -0.15) is 0 Å². The minimum atomic E-state index is -0.436. The summed E-state index contributed by atoms with van der Waals surface area (Å²) in [5, 5.41) is 2.80. The molecular formula is C14H22N2O3. The molecule has 0 spiro atoms. The van der Waals surface area contributed by atoms with Crippen LogP contribution < -0.4 is 11.1 Å². The minimum absolute atomic E-state index is 0.105. The zero-order valence-corrected chi connectivity index (χ0v) is 11.3. The highest BCUT2D eigenvalue weighted by molar-refractivity contribution is 5.80. The van der Waals surface area contributed by atoms with Crippen molar-refractivity contribution < 1.29 is 13.9 Å². The van der Waals surface area contributed by atoms with Crippen LogP contribution in [0.1, 0.15) is 38.4 Å².